The molecule has 0 spiro atoms. The molecule has 0 amide bonds. The third-order valence-corrected chi connectivity index (χ3v) is 6.11. The molecule has 1 atom stereocenters. The average Bonchev–Trinajstić information content (AvgIpc) is 3.22. The zero-order chi connectivity index (χ0) is 25.1. The second-order valence-corrected chi connectivity index (χ2v) is 8.65. The molecule has 3 N–H and O–H groups in total. The fourth-order valence-corrected chi connectivity index (χ4v) is 4.01. The maximum atomic E-state index is 13.6. The number of benzene rings is 1. The van der Waals surface area contributed by atoms with Gasteiger partial charge in [0.2, 0.25) is 5.95 Å². The molecule has 0 bridgehead atoms. The van der Waals surface area contributed by atoms with Gasteiger partial charge in [0.05, 0.1) is 18.6 Å². The van der Waals surface area contributed by atoms with Crippen molar-refractivity contribution in [1.29, 1.82) is 0 Å². The Morgan fingerprint density at radius 2 is 1.91 bits per heavy atom. The van der Waals surface area contributed by atoms with E-state index in [9.17, 15) is 9.59 Å². The molecule has 10 nitrogen and oxygen atoms in total. The lowest BCUT2D eigenvalue weighted by Gasteiger charge is -2.11. The Bertz CT molecular complexity index is 1570. The van der Waals surface area contributed by atoms with Gasteiger partial charge in [-0.3, -0.25) is 18.5 Å². The smallest absolute Gasteiger partial charge is 0.332 e. The van der Waals surface area contributed by atoms with Gasteiger partial charge >= 0.3 is 5.69 Å². The number of anilines is 1. The molecule has 4 rings (SSSR count). The molecule has 1 aromatic carbocycles. The van der Waals surface area contributed by atoms with Crippen molar-refractivity contribution >= 4 is 28.0 Å². The lowest BCUT2D eigenvalue weighted by molar-refractivity contribution is 0.559. The number of aromatic nitrogens is 6. The number of hydrogen-bond donors (Lipinski definition) is 2. The van der Waals surface area contributed by atoms with E-state index in [0.717, 1.165) is 27.6 Å². The van der Waals surface area contributed by atoms with Crippen LogP contribution in [0.1, 0.15) is 31.8 Å². The van der Waals surface area contributed by atoms with Gasteiger partial charge in [0.25, 0.3) is 5.56 Å². The number of hydrogen-bond acceptors (Lipinski definition) is 7. The van der Waals surface area contributed by atoms with Gasteiger partial charge in [0, 0.05) is 24.7 Å². The number of rotatable bonds is 8. The van der Waals surface area contributed by atoms with E-state index < -0.39 is 11.2 Å². The first kappa shape index (κ1) is 24.2. The van der Waals surface area contributed by atoms with Gasteiger partial charge in [0.1, 0.15) is 5.82 Å². The lowest BCUT2D eigenvalue weighted by Crippen LogP contribution is -2.40. The second kappa shape index (κ2) is 10.1. The van der Waals surface area contributed by atoms with Crippen molar-refractivity contribution in [3.05, 3.63) is 56.6 Å². The molecule has 1 unspecified atom stereocenters. The van der Waals surface area contributed by atoms with E-state index >= 15 is 0 Å². The fourth-order valence-electron chi connectivity index (χ4n) is 4.01. The Balaban J connectivity index is 1.82. The third kappa shape index (κ3) is 4.68. The molecule has 0 aliphatic rings. The summed E-state index contributed by atoms with van der Waals surface area (Å²) in [6, 6.07) is 7.66. The van der Waals surface area contributed by atoms with Gasteiger partial charge in [-0.15, -0.1) is 5.92 Å². The zero-order valence-electron chi connectivity index (χ0n) is 20.5. The summed E-state index contributed by atoms with van der Waals surface area (Å²) >= 11 is 0. The first-order valence-corrected chi connectivity index (χ1v) is 11.6. The van der Waals surface area contributed by atoms with Crippen LogP contribution in [0, 0.1) is 24.7 Å². The summed E-state index contributed by atoms with van der Waals surface area (Å²) in [6.07, 6.45) is 0.848. The van der Waals surface area contributed by atoms with Gasteiger partial charge < -0.3 is 11.1 Å². The third-order valence-electron chi connectivity index (χ3n) is 6.11. The van der Waals surface area contributed by atoms with Crippen LogP contribution in [0.3, 0.4) is 0 Å². The zero-order valence-corrected chi connectivity index (χ0v) is 20.5. The maximum absolute atomic E-state index is 13.6. The maximum Gasteiger partial charge on any atom is 0.332 e. The molecule has 0 aliphatic heterocycles. The Labute approximate surface area is 202 Å². The molecular weight excluding hydrogens is 444 g/mol. The first-order chi connectivity index (χ1) is 16.8. The van der Waals surface area contributed by atoms with Crippen LogP contribution >= 0.6 is 0 Å². The van der Waals surface area contributed by atoms with Crippen LogP contribution < -0.4 is 22.3 Å². The molecule has 0 radical (unpaired) electrons. The van der Waals surface area contributed by atoms with E-state index in [0.29, 0.717) is 41.9 Å². The highest BCUT2D eigenvalue weighted by Crippen LogP contribution is 2.17. The number of fused-ring (bicyclic) bond motifs is 2. The Kier molecular flexibility index (Phi) is 6.98. The summed E-state index contributed by atoms with van der Waals surface area (Å²) in [5, 5.41) is 4.22. The van der Waals surface area contributed by atoms with Crippen molar-refractivity contribution in [1.82, 2.24) is 28.7 Å². The number of imidazole rings is 1. The highest BCUT2D eigenvalue weighted by Gasteiger charge is 2.21. The first-order valence-electron chi connectivity index (χ1n) is 11.6. The average molecular weight is 475 g/mol. The number of aryl methyl sites for hydroxylation is 2. The molecule has 0 aliphatic carbocycles. The predicted molar refractivity (Wildman–Crippen MR) is 137 cm³/mol. The monoisotopic (exact) mass is 474 g/mol. The van der Waals surface area contributed by atoms with Gasteiger partial charge in [-0.25, -0.2) is 14.8 Å². The molecule has 0 saturated carbocycles. The van der Waals surface area contributed by atoms with Crippen LogP contribution in [0.15, 0.2) is 33.9 Å². The molecule has 4 aromatic rings. The number of para-hydroxylation sites is 1. The Hall–Kier alpha value is -3.97. The summed E-state index contributed by atoms with van der Waals surface area (Å²) in [4.78, 5) is 40.5. The van der Waals surface area contributed by atoms with E-state index in [1.165, 1.54) is 4.57 Å². The predicted octanol–water partition coefficient (Wildman–Crippen LogP) is 1.62. The van der Waals surface area contributed by atoms with E-state index in [2.05, 4.69) is 39.0 Å². The molecule has 182 valence electrons. The lowest BCUT2D eigenvalue weighted by atomic mass is 10.1. The molecule has 0 fully saturated rings. The van der Waals surface area contributed by atoms with E-state index in [1.807, 2.05) is 31.2 Å². The van der Waals surface area contributed by atoms with Crippen molar-refractivity contribution in [2.45, 2.75) is 40.3 Å². The highest BCUT2D eigenvalue weighted by atomic mass is 16.2. The van der Waals surface area contributed by atoms with Gasteiger partial charge in [-0.1, -0.05) is 31.0 Å². The van der Waals surface area contributed by atoms with Crippen molar-refractivity contribution in [2.75, 3.05) is 18.4 Å². The van der Waals surface area contributed by atoms with Crippen LogP contribution in [-0.4, -0.2) is 41.7 Å². The standard InChI is InChI=1S/C25H30N8O2/c1-5-6-13-32-21-22(30-24(32)27-12-11-16(2)14-26)31(4)25(35)33(23(21)34)15-20-28-17(3)18-9-7-8-10-19(18)29-20/h7-10,16H,11-15,26H2,1-4H3,(H,27,30). The molecule has 3 heterocycles. The summed E-state index contributed by atoms with van der Waals surface area (Å²) in [6.45, 7) is 7.14. The van der Waals surface area contributed by atoms with Crippen molar-refractivity contribution in [3.63, 3.8) is 0 Å². The summed E-state index contributed by atoms with van der Waals surface area (Å²) in [7, 11) is 1.61. The van der Waals surface area contributed by atoms with Crippen molar-refractivity contribution < 1.29 is 0 Å². The van der Waals surface area contributed by atoms with Crippen LogP contribution in [0.4, 0.5) is 5.95 Å². The number of nitrogens with two attached hydrogens (primary N) is 1. The van der Waals surface area contributed by atoms with Gasteiger partial charge in [-0.2, -0.15) is 4.98 Å². The van der Waals surface area contributed by atoms with Gasteiger partial charge in [-0.05, 0) is 38.8 Å². The number of nitrogens with one attached hydrogen (secondary N) is 1. The Morgan fingerprint density at radius 3 is 2.66 bits per heavy atom. The van der Waals surface area contributed by atoms with Crippen LogP contribution in [0.25, 0.3) is 22.1 Å². The largest absolute Gasteiger partial charge is 0.356 e. The van der Waals surface area contributed by atoms with Crippen LogP contribution in [0.5, 0.6) is 0 Å². The molecule has 35 heavy (non-hydrogen) atoms. The van der Waals surface area contributed by atoms with Crippen LogP contribution in [0.2, 0.25) is 0 Å². The molecule has 10 heteroatoms. The normalized spacial score (nSPS) is 12.0. The Morgan fingerprint density at radius 1 is 1.14 bits per heavy atom. The summed E-state index contributed by atoms with van der Waals surface area (Å²) in [5.41, 5.74) is 6.96. The minimum atomic E-state index is -0.480. The molecule has 3 aromatic heterocycles. The van der Waals surface area contributed by atoms with E-state index in [4.69, 9.17) is 5.73 Å². The fraction of sp³-hybridized carbons (Fsp3) is 0.400. The topological polar surface area (TPSA) is 126 Å². The summed E-state index contributed by atoms with van der Waals surface area (Å²) < 4.78 is 4.27. The quantitative estimate of drug-likeness (QED) is 0.372. The van der Waals surface area contributed by atoms with E-state index in [1.54, 1.807) is 18.5 Å². The minimum Gasteiger partial charge on any atom is -0.356 e. The SMILES string of the molecule is CC#CCn1c(NCCC(C)CN)nc2c1c(=O)n(Cc1nc(C)c3ccccc3n1)c(=O)n2C. The van der Waals surface area contributed by atoms with Crippen LogP contribution in [-0.2, 0) is 20.1 Å². The summed E-state index contributed by atoms with van der Waals surface area (Å²) in [5.74, 6) is 7.11. The molecule has 0 saturated heterocycles. The van der Waals surface area contributed by atoms with Crippen molar-refractivity contribution in [2.24, 2.45) is 18.7 Å². The second-order valence-electron chi connectivity index (χ2n) is 8.65. The molecular formula is C25H30N8O2. The van der Waals surface area contributed by atoms with E-state index in [-0.39, 0.29) is 13.1 Å². The number of nitrogens with zero attached hydrogens (tertiary/aromatic N) is 6. The highest BCUT2D eigenvalue weighted by molar-refractivity contribution is 5.80. The van der Waals surface area contributed by atoms with Gasteiger partial charge in [0.15, 0.2) is 11.2 Å². The van der Waals surface area contributed by atoms with Crippen molar-refractivity contribution in [3.8, 4) is 11.8 Å². The minimum absolute atomic E-state index is 0.0471.